The zero-order valence-corrected chi connectivity index (χ0v) is 20.3. The molecule has 2 aromatic carbocycles. The first-order valence-electron chi connectivity index (χ1n) is 9.60. The van der Waals surface area contributed by atoms with Gasteiger partial charge in [-0.05, 0) is 61.9 Å². The van der Waals surface area contributed by atoms with Crippen LogP contribution >= 0.6 is 46.4 Å². The molecule has 1 saturated heterocycles. The maximum Gasteiger partial charge on any atom is 0.336 e. The van der Waals surface area contributed by atoms with Gasteiger partial charge in [-0.3, -0.25) is 14.9 Å². The summed E-state index contributed by atoms with van der Waals surface area (Å²) in [6, 6.07) is 10.5. The van der Waals surface area contributed by atoms with Crippen LogP contribution in [0.25, 0.3) is 11.8 Å². The van der Waals surface area contributed by atoms with E-state index in [1.807, 2.05) is 18.4 Å². The summed E-state index contributed by atoms with van der Waals surface area (Å²) in [5, 5.41) is 3.36. The Morgan fingerprint density at radius 1 is 0.879 bits per heavy atom. The van der Waals surface area contributed by atoms with Gasteiger partial charge in [-0.15, -0.1) is 0 Å². The van der Waals surface area contributed by atoms with Crippen molar-refractivity contribution in [3.63, 3.8) is 0 Å². The van der Waals surface area contributed by atoms with E-state index in [9.17, 15) is 14.4 Å². The SMILES string of the molecule is Cc1cc(/C=C2\C(=O)NC(=O)N(c3cccc(Cl)c3Cl)C2=O)c(C)n1-c1cc(Cl)ccc1Cl. The lowest BCUT2D eigenvalue weighted by molar-refractivity contribution is -0.122. The monoisotopic (exact) mass is 521 g/mol. The van der Waals surface area contributed by atoms with Crippen LogP contribution in [0.2, 0.25) is 20.1 Å². The summed E-state index contributed by atoms with van der Waals surface area (Å²) in [6.45, 7) is 3.68. The van der Waals surface area contributed by atoms with Gasteiger partial charge >= 0.3 is 6.03 Å². The highest BCUT2D eigenvalue weighted by Crippen LogP contribution is 2.35. The van der Waals surface area contributed by atoms with Gasteiger partial charge in [-0.2, -0.15) is 0 Å². The first-order chi connectivity index (χ1) is 15.6. The van der Waals surface area contributed by atoms with E-state index in [0.717, 1.165) is 10.6 Å². The van der Waals surface area contributed by atoms with Crippen molar-refractivity contribution in [2.75, 3.05) is 4.90 Å². The molecule has 4 amide bonds. The van der Waals surface area contributed by atoms with Crippen molar-refractivity contribution in [3.8, 4) is 5.69 Å². The molecule has 33 heavy (non-hydrogen) atoms. The second kappa shape index (κ2) is 8.88. The van der Waals surface area contributed by atoms with Crippen LogP contribution in [0.15, 0.2) is 48.0 Å². The Hall–Kier alpha value is -2.77. The molecule has 1 N–H and O–H groups in total. The smallest absolute Gasteiger partial charge is 0.316 e. The first kappa shape index (κ1) is 23.4. The van der Waals surface area contributed by atoms with E-state index in [1.165, 1.54) is 18.2 Å². The number of urea groups is 1. The number of aryl methyl sites for hydroxylation is 1. The Bertz CT molecular complexity index is 1380. The lowest BCUT2D eigenvalue weighted by atomic mass is 10.1. The third-order valence-electron chi connectivity index (χ3n) is 5.19. The van der Waals surface area contributed by atoms with Crippen LogP contribution in [0.5, 0.6) is 0 Å². The number of nitrogens with one attached hydrogen (secondary N) is 1. The number of halogens is 4. The Kier molecular flexibility index (Phi) is 6.29. The molecule has 0 unspecified atom stereocenters. The van der Waals surface area contributed by atoms with E-state index in [4.69, 9.17) is 46.4 Å². The molecule has 2 heterocycles. The Labute approximate surface area is 209 Å². The van der Waals surface area contributed by atoms with Crippen molar-refractivity contribution in [1.29, 1.82) is 0 Å². The molecule has 0 spiro atoms. The number of amides is 4. The lowest BCUT2D eigenvalue weighted by Gasteiger charge is -2.27. The number of rotatable bonds is 3. The van der Waals surface area contributed by atoms with Gasteiger partial charge in [0.1, 0.15) is 5.57 Å². The third kappa shape index (κ3) is 4.15. The van der Waals surface area contributed by atoms with E-state index >= 15 is 0 Å². The topological polar surface area (TPSA) is 71.4 Å². The van der Waals surface area contributed by atoms with Crippen molar-refractivity contribution < 1.29 is 14.4 Å². The summed E-state index contributed by atoms with van der Waals surface area (Å²) in [5.41, 5.74) is 2.61. The molecule has 1 aliphatic heterocycles. The zero-order chi connectivity index (χ0) is 24.0. The standard InChI is InChI=1S/C23H15Cl4N3O3/c1-11-8-13(12(2)29(11)19-10-14(24)6-7-16(19)25)9-15-21(31)28-23(33)30(22(15)32)18-5-3-4-17(26)20(18)27/h3-10H,1-2H3,(H,28,31,33)/b15-9+. The number of barbiturate groups is 1. The quantitative estimate of drug-likeness (QED) is 0.320. The second-order valence-electron chi connectivity index (χ2n) is 7.29. The summed E-state index contributed by atoms with van der Waals surface area (Å²) in [6.07, 6.45) is 1.42. The normalized spacial score (nSPS) is 15.4. The number of aromatic nitrogens is 1. The van der Waals surface area contributed by atoms with Crippen molar-refractivity contribution >= 4 is 76.0 Å². The fraction of sp³-hybridized carbons (Fsp3) is 0.0870. The highest BCUT2D eigenvalue weighted by Gasteiger charge is 2.38. The van der Waals surface area contributed by atoms with E-state index < -0.39 is 17.8 Å². The number of carbonyl (C=O) groups excluding carboxylic acids is 3. The number of nitrogens with zero attached hydrogens (tertiary/aromatic N) is 2. The lowest BCUT2D eigenvalue weighted by Crippen LogP contribution is -2.54. The fourth-order valence-corrected chi connectivity index (χ4v) is 4.41. The molecule has 3 aromatic rings. The zero-order valence-electron chi connectivity index (χ0n) is 17.2. The highest BCUT2D eigenvalue weighted by atomic mass is 35.5. The Balaban J connectivity index is 1.81. The van der Waals surface area contributed by atoms with Crippen LogP contribution in [-0.2, 0) is 9.59 Å². The van der Waals surface area contributed by atoms with E-state index in [0.29, 0.717) is 27.0 Å². The molecule has 0 aliphatic carbocycles. The minimum absolute atomic E-state index is 0.0186. The van der Waals surface area contributed by atoms with Crippen LogP contribution in [-0.4, -0.2) is 22.4 Å². The molecule has 4 rings (SSSR count). The van der Waals surface area contributed by atoms with Crippen LogP contribution in [0.3, 0.4) is 0 Å². The van der Waals surface area contributed by atoms with Crippen molar-refractivity contribution in [1.82, 2.24) is 9.88 Å². The number of hydrogen-bond acceptors (Lipinski definition) is 3. The molecule has 10 heteroatoms. The molecule has 0 saturated carbocycles. The first-order valence-corrected chi connectivity index (χ1v) is 11.1. The Morgan fingerprint density at radius 2 is 1.61 bits per heavy atom. The second-order valence-corrected chi connectivity index (χ2v) is 8.92. The number of carbonyl (C=O) groups is 3. The van der Waals surface area contributed by atoms with Crippen molar-refractivity contribution in [2.45, 2.75) is 13.8 Å². The largest absolute Gasteiger partial charge is 0.336 e. The van der Waals surface area contributed by atoms with Crippen LogP contribution in [0, 0.1) is 13.8 Å². The number of anilines is 1. The molecule has 0 radical (unpaired) electrons. The van der Waals surface area contributed by atoms with Crippen LogP contribution in [0.1, 0.15) is 17.0 Å². The number of hydrogen-bond donors (Lipinski definition) is 1. The number of imide groups is 2. The van der Waals surface area contributed by atoms with Gasteiger partial charge < -0.3 is 4.57 Å². The predicted molar refractivity (Wildman–Crippen MR) is 131 cm³/mol. The van der Waals surface area contributed by atoms with E-state index in [-0.39, 0.29) is 21.3 Å². The van der Waals surface area contributed by atoms with E-state index in [2.05, 4.69) is 5.32 Å². The highest BCUT2D eigenvalue weighted by molar-refractivity contribution is 6.46. The fourth-order valence-electron chi connectivity index (χ4n) is 3.66. The molecule has 0 bridgehead atoms. The average Bonchev–Trinajstić information content (AvgIpc) is 3.03. The van der Waals surface area contributed by atoms with Gasteiger partial charge in [0, 0.05) is 16.4 Å². The van der Waals surface area contributed by atoms with Crippen molar-refractivity contribution in [3.05, 3.63) is 85.1 Å². The van der Waals surface area contributed by atoms with Gasteiger partial charge in [-0.25, -0.2) is 9.69 Å². The van der Waals surface area contributed by atoms with Gasteiger partial charge in [-0.1, -0.05) is 52.5 Å². The van der Waals surface area contributed by atoms with Crippen LogP contribution < -0.4 is 10.2 Å². The van der Waals surface area contributed by atoms with E-state index in [1.54, 1.807) is 30.3 Å². The summed E-state index contributed by atoms with van der Waals surface area (Å²) in [7, 11) is 0. The molecule has 0 atom stereocenters. The van der Waals surface area contributed by atoms with Gasteiger partial charge in [0.25, 0.3) is 11.8 Å². The number of benzene rings is 2. The molecular formula is C23H15Cl4N3O3. The van der Waals surface area contributed by atoms with Gasteiger partial charge in [0.2, 0.25) is 0 Å². The average molecular weight is 523 g/mol. The third-order valence-corrected chi connectivity index (χ3v) is 6.56. The van der Waals surface area contributed by atoms with Crippen molar-refractivity contribution in [2.24, 2.45) is 0 Å². The predicted octanol–water partition coefficient (Wildman–Crippen LogP) is 6.37. The summed E-state index contributed by atoms with van der Waals surface area (Å²) in [4.78, 5) is 39.0. The van der Waals surface area contributed by atoms with Crippen LogP contribution in [0.4, 0.5) is 10.5 Å². The maximum absolute atomic E-state index is 13.2. The Morgan fingerprint density at radius 3 is 2.33 bits per heavy atom. The summed E-state index contributed by atoms with van der Waals surface area (Å²) in [5.74, 6) is -1.64. The molecule has 1 aliphatic rings. The minimum atomic E-state index is -0.914. The molecular weight excluding hydrogens is 508 g/mol. The molecule has 1 fully saturated rings. The minimum Gasteiger partial charge on any atom is -0.316 e. The summed E-state index contributed by atoms with van der Waals surface area (Å²) >= 11 is 24.8. The summed E-state index contributed by atoms with van der Waals surface area (Å²) < 4.78 is 1.86. The van der Waals surface area contributed by atoms with Gasteiger partial charge in [0.05, 0.1) is 26.4 Å². The molecule has 1 aromatic heterocycles. The molecule has 168 valence electrons. The molecule has 6 nitrogen and oxygen atoms in total. The maximum atomic E-state index is 13.2. The van der Waals surface area contributed by atoms with Gasteiger partial charge in [0.15, 0.2) is 0 Å².